The van der Waals surface area contributed by atoms with Crippen molar-refractivity contribution in [2.24, 2.45) is 0 Å². The lowest BCUT2D eigenvalue weighted by Crippen LogP contribution is -2.42. The number of ether oxygens (including phenoxy) is 1. The van der Waals surface area contributed by atoms with Crippen molar-refractivity contribution in [2.75, 3.05) is 6.61 Å². The van der Waals surface area contributed by atoms with Crippen LogP contribution in [0.3, 0.4) is 0 Å². The van der Waals surface area contributed by atoms with Crippen molar-refractivity contribution in [1.82, 2.24) is 14.9 Å². The van der Waals surface area contributed by atoms with Crippen molar-refractivity contribution in [2.45, 2.75) is 32.5 Å². The van der Waals surface area contributed by atoms with E-state index in [9.17, 15) is 14.7 Å². The predicted octanol–water partition coefficient (Wildman–Crippen LogP) is 1.02. The first-order chi connectivity index (χ1) is 12.3. The Kier molecular flexibility index (Phi) is 4.49. The fourth-order valence-electron chi connectivity index (χ4n) is 2.79. The van der Waals surface area contributed by atoms with E-state index in [0.29, 0.717) is 18.0 Å². The highest BCUT2D eigenvalue weighted by Gasteiger charge is 2.34. The second kappa shape index (κ2) is 6.61. The van der Waals surface area contributed by atoms with Gasteiger partial charge in [0.15, 0.2) is 5.69 Å². The van der Waals surface area contributed by atoms with Crippen LogP contribution < -0.4 is 10.9 Å². The molecule has 2 aromatic rings. The molecule has 0 unspecified atom stereocenters. The molecule has 1 aromatic carbocycles. The van der Waals surface area contributed by atoms with E-state index in [1.807, 2.05) is 6.07 Å². The third-order valence-corrected chi connectivity index (χ3v) is 4.21. The summed E-state index contributed by atoms with van der Waals surface area (Å²) in [4.78, 5) is 29.0. The van der Waals surface area contributed by atoms with Crippen LogP contribution in [0.5, 0.6) is 5.75 Å². The van der Waals surface area contributed by atoms with Gasteiger partial charge in [-0.1, -0.05) is 12.1 Å². The van der Waals surface area contributed by atoms with E-state index < -0.39 is 22.8 Å². The van der Waals surface area contributed by atoms with Crippen molar-refractivity contribution in [3.8, 4) is 11.8 Å². The molecule has 0 fully saturated rings. The van der Waals surface area contributed by atoms with E-state index in [-0.39, 0.29) is 18.8 Å². The van der Waals surface area contributed by atoms with Gasteiger partial charge in [-0.05, 0) is 31.5 Å². The number of fused-ring (bicyclic) bond motifs is 1. The smallest absolute Gasteiger partial charge is 0.296 e. The lowest BCUT2D eigenvalue weighted by Gasteiger charge is -2.32. The average molecular weight is 354 g/mol. The molecule has 1 amide bonds. The molecular formula is C18H18N4O4. The standard InChI is InChI=1S/C18H18N4O4/c1-18(2)17-21-13(14(23)16(25)22(17)7-8-26-18)15(24)20-10-12-5-3-11(9-19)4-6-12/h3-6,23H,7-8,10H2,1-2H3,(H,20,24). The molecule has 1 aromatic heterocycles. The number of hydrogen-bond acceptors (Lipinski definition) is 6. The predicted molar refractivity (Wildman–Crippen MR) is 91.5 cm³/mol. The van der Waals surface area contributed by atoms with Crippen molar-refractivity contribution in [3.05, 3.63) is 57.3 Å². The fourth-order valence-corrected chi connectivity index (χ4v) is 2.79. The van der Waals surface area contributed by atoms with E-state index in [0.717, 1.165) is 5.56 Å². The first kappa shape index (κ1) is 17.6. The quantitative estimate of drug-likeness (QED) is 0.850. The molecule has 26 heavy (non-hydrogen) atoms. The molecule has 134 valence electrons. The minimum absolute atomic E-state index is 0.171. The van der Waals surface area contributed by atoms with Gasteiger partial charge in [0.25, 0.3) is 11.5 Å². The Morgan fingerprint density at radius 2 is 2.12 bits per heavy atom. The number of aromatic hydroxyl groups is 1. The molecule has 8 nitrogen and oxygen atoms in total. The highest BCUT2D eigenvalue weighted by Crippen LogP contribution is 2.27. The largest absolute Gasteiger partial charge is 0.501 e. The van der Waals surface area contributed by atoms with Crippen LogP contribution in [-0.4, -0.2) is 27.2 Å². The highest BCUT2D eigenvalue weighted by molar-refractivity contribution is 5.94. The van der Waals surface area contributed by atoms with Crippen LogP contribution in [0.4, 0.5) is 0 Å². The molecule has 2 heterocycles. The molecule has 0 radical (unpaired) electrons. The van der Waals surface area contributed by atoms with E-state index in [4.69, 9.17) is 10.00 Å². The first-order valence-corrected chi connectivity index (χ1v) is 8.09. The maximum Gasteiger partial charge on any atom is 0.296 e. The summed E-state index contributed by atoms with van der Waals surface area (Å²) < 4.78 is 6.94. The van der Waals surface area contributed by atoms with Gasteiger partial charge in [0.05, 0.1) is 24.8 Å². The van der Waals surface area contributed by atoms with Crippen LogP contribution in [0.1, 0.15) is 41.3 Å². The average Bonchev–Trinajstić information content (AvgIpc) is 2.63. The molecule has 1 aliphatic rings. The monoisotopic (exact) mass is 354 g/mol. The van der Waals surface area contributed by atoms with E-state index in [1.54, 1.807) is 38.1 Å². The normalized spacial score (nSPS) is 15.0. The Hall–Kier alpha value is -3.18. The number of carbonyl (C=O) groups excluding carboxylic acids is 1. The SMILES string of the molecule is CC1(C)OCCn2c1nc(C(=O)NCc1ccc(C#N)cc1)c(O)c2=O. The van der Waals surface area contributed by atoms with Gasteiger partial charge in [-0.25, -0.2) is 4.98 Å². The van der Waals surface area contributed by atoms with Gasteiger partial charge in [-0.15, -0.1) is 0 Å². The lowest BCUT2D eigenvalue weighted by atomic mass is 10.1. The summed E-state index contributed by atoms with van der Waals surface area (Å²) in [7, 11) is 0. The van der Waals surface area contributed by atoms with E-state index in [1.165, 1.54) is 4.57 Å². The molecule has 0 aliphatic carbocycles. The van der Waals surface area contributed by atoms with Crippen LogP contribution in [0.25, 0.3) is 0 Å². The number of benzene rings is 1. The Morgan fingerprint density at radius 1 is 1.42 bits per heavy atom. The summed E-state index contributed by atoms with van der Waals surface area (Å²) in [6, 6.07) is 8.72. The number of nitriles is 1. The summed E-state index contributed by atoms with van der Waals surface area (Å²) in [6.45, 7) is 4.26. The van der Waals surface area contributed by atoms with Crippen LogP contribution in [-0.2, 0) is 23.4 Å². The fraction of sp³-hybridized carbons (Fsp3) is 0.333. The van der Waals surface area contributed by atoms with Gasteiger partial charge in [0, 0.05) is 6.54 Å². The second-order valence-electron chi connectivity index (χ2n) is 6.44. The Bertz CT molecular complexity index is 955. The maximum atomic E-state index is 12.4. The highest BCUT2D eigenvalue weighted by atomic mass is 16.5. The lowest BCUT2D eigenvalue weighted by molar-refractivity contribution is -0.0566. The molecule has 1 aliphatic heterocycles. The second-order valence-corrected chi connectivity index (χ2v) is 6.44. The van der Waals surface area contributed by atoms with Crippen LogP contribution >= 0.6 is 0 Å². The van der Waals surface area contributed by atoms with Gasteiger partial charge in [-0.3, -0.25) is 14.2 Å². The number of carbonyl (C=O) groups is 1. The number of nitrogens with one attached hydrogen (secondary N) is 1. The van der Waals surface area contributed by atoms with Crippen LogP contribution in [0.15, 0.2) is 29.1 Å². The molecule has 0 bridgehead atoms. The van der Waals surface area contributed by atoms with Gasteiger partial charge in [0.1, 0.15) is 11.4 Å². The van der Waals surface area contributed by atoms with E-state index in [2.05, 4.69) is 10.3 Å². The Morgan fingerprint density at radius 3 is 2.77 bits per heavy atom. The van der Waals surface area contributed by atoms with Gasteiger partial charge in [0.2, 0.25) is 5.75 Å². The van der Waals surface area contributed by atoms with Gasteiger partial charge in [-0.2, -0.15) is 5.26 Å². The van der Waals surface area contributed by atoms with Crippen molar-refractivity contribution >= 4 is 5.91 Å². The zero-order chi connectivity index (χ0) is 18.9. The van der Waals surface area contributed by atoms with Crippen LogP contribution in [0.2, 0.25) is 0 Å². The number of amides is 1. The molecule has 0 saturated carbocycles. The summed E-state index contributed by atoms with van der Waals surface area (Å²) in [5.74, 6) is -1.03. The van der Waals surface area contributed by atoms with Crippen molar-refractivity contribution in [3.63, 3.8) is 0 Å². The molecule has 0 atom stereocenters. The summed E-state index contributed by atoms with van der Waals surface area (Å²) in [5, 5.41) is 21.5. The summed E-state index contributed by atoms with van der Waals surface area (Å²) in [5.41, 5.74) is -0.532. The molecule has 0 spiro atoms. The summed E-state index contributed by atoms with van der Waals surface area (Å²) in [6.07, 6.45) is 0. The summed E-state index contributed by atoms with van der Waals surface area (Å²) >= 11 is 0. The molecule has 2 N–H and O–H groups in total. The Balaban J connectivity index is 1.86. The van der Waals surface area contributed by atoms with Crippen LogP contribution in [0, 0.1) is 11.3 Å². The zero-order valence-electron chi connectivity index (χ0n) is 14.4. The third kappa shape index (κ3) is 3.17. The number of rotatable bonds is 3. The zero-order valence-corrected chi connectivity index (χ0v) is 14.4. The first-order valence-electron chi connectivity index (χ1n) is 8.09. The van der Waals surface area contributed by atoms with Crippen molar-refractivity contribution < 1.29 is 14.6 Å². The number of hydrogen-bond donors (Lipinski definition) is 2. The minimum atomic E-state index is -0.840. The molecular weight excluding hydrogens is 336 g/mol. The number of aromatic nitrogens is 2. The van der Waals surface area contributed by atoms with Gasteiger partial charge < -0.3 is 15.2 Å². The van der Waals surface area contributed by atoms with Crippen molar-refractivity contribution in [1.29, 1.82) is 5.26 Å². The third-order valence-electron chi connectivity index (χ3n) is 4.21. The molecule has 3 rings (SSSR count). The Labute approximate surface area is 149 Å². The van der Waals surface area contributed by atoms with Gasteiger partial charge >= 0.3 is 0 Å². The number of nitrogens with zero attached hydrogens (tertiary/aromatic N) is 3. The maximum absolute atomic E-state index is 12.4. The molecule has 8 heteroatoms. The van der Waals surface area contributed by atoms with E-state index >= 15 is 0 Å². The molecule has 0 saturated heterocycles. The topological polar surface area (TPSA) is 117 Å². The minimum Gasteiger partial charge on any atom is -0.501 e.